The van der Waals surface area contributed by atoms with Crippen molar-refractivity contribution in [3.63, 3.8) is 0 Å². The largest absolute Gasteiger partial charge is 0.383 e. The molecule has 6 rings (SSSR count). The molecule has 0 aliphatic heterocycles. The molecule has 3 aromatic heterocycles. The monoisotopic (exact) mass is 540 g/mol. The molecule has 0 unspecified atom stereocenters. The van der Waals surface area contributed by atoms with Gasteiger partial charge in [0.2, 0.25) is 11.9 Å². The highest BCUT2D eigenvalue weighted by Crippen LogP contribution is 2.31. The van der Waals surface area contributed by atoms with Gasteiger partial charge in [-0.2, -0.15) is 4.98 Å². The Bertz CT molecular complexity index is 1740. The molecule has 10 heteroatoms. The molecule has 2 aromatic carbocycles. The number of hydrogen-bond acceptors (Lipinski definition) is 5. The minimum absolute atomic E-state index is 0.0444. The number of halogens is 1. The van der Waals surface area contributed by atoms with E-state index >= 15 is 0 Å². The number of hydrogen-bond donors (Lipinski definition) is 2. The molecule has 1 fully saturated rings. The number of benzene rings is 2. The molecule has 3 heterocycles. The van der Waals surface area contributed by atoms with Crippen LogP contribution in [0, 0.1) is 11.7 Å². The number of rotatable bonds is 9. The van der Waals surface area contributed by atoms with E-state index in [1.165, 1.54) is 12.1 Å². The van der Waals surface area contributed by atoms with Gasteiger partial charge in [-0.15, -0.1) is 5.10 Å². The summed E-state index contributed by atoms with van der Waals surface area (Å²) in [5, 5.41) is 10.9. The van der Waals surface area contributed by atoms with Gasteiger partial charge in [-0.3, -0.25) is 14.9 Å². The molecule has 5 aromatic rings. The maximum Gasteiger partial charge on any atom is 0.253 e. The van der Waals surface area contributed by atoms with E-state index in [0.29, 0.717) is 29.9 Å². The van der Waals surface area contributed by atoms with Crippen LogP contribution in [0.25, 0.3) is 27.7 Å². The minimum Gasteiger partial charge on any atom is -0.383 e. The predicted molar refractivity (Wildman–Crippen MR) is 149 cm³/mol. The number of nitrogens with one attached hydrogen (secondary N) is 2. The van der Waals surface area contributed by atoms with Crippen LogP contribution in [-0.2, 0) is 16.1 Å². The highest BCUT2D eigenvalue weighted by molar-refractivity contribution is 6.08. The van der Waals surface area contributed by atoms with Crippen LogP contribution in [0.15, 0.2) is 67.0 Å². The Morgan fingerprint density at radius 1 is 1.12 bits per heavy atom. The molecule has 9 nitrogen and oxygen atoms in total. The molecule has 1 aliphatic carbocycles. The lowest BCUT2D eigenvalue weighted by atomic mass is 10.0. The Labute approximate surface area is 230 Å². The fraction of sp³-hybridized carbons (Fsp3) is 0.267. The predicted octanol–water partition coefficient (Wildman–Crippen LogP) is 4.98. The van der Waals surface area contributed by atoms with Crippen molar-refractivity contribution in [2.24, 2.45) is 5.92 Å². The summed E-state index contributed by atoms with van der Waals surface area (Å²) in [5.41, 5.74) is 4.50. The highest BCUT2D eigenvalue weighted by Gasteiger charge is 2.30. The van der Waals surface area contributed by atoms with Gasteiger partial charge in [0.05, 0.1) is 18.2 Å². The van der Waals surface area contributed by atoms with Crippen LogP contribution in [0.1, 0.15) is 41.7 Å². The number of amides is 2. The second-order valence-electron chi connectivity index (χ2n) is 10.1. The Balaban J connectivity index is 1.32. The van der Waals surface area contributed by atoms with E-state index < -0.39 is 0 Å². The maximum atomic E-state index is 13.8. The van der Waals surface area contributed by atoms with Crippen LogP contribution in [0.5, 0.6) is 0 Å². The van der Waals surface area contributed by atoms with Crippen LogP contribution < -0.4 is 10.6 Å². The number of methoxy groups -OCH3 is 1. The summed E-state index contributed by atoms with van der Waals surface area (Å²) in [5.74, 6) is -0.294. The van der Waals surface area contributed by atoms with E-state index in [9.17, 15) is 14.0 Å². The van der Waals surface area contributed by atoms with Gasteiger partial charge in [-0.05, 0) is 72.9 Å². The number of carbonyl (C=O) groups is 2. The molecular formula is C30H29FN6O3. The molecule has 0 bridgehead atoms. The van der Waals surface area contributed by atoms with Gasteiger partial charge in [0.25, 0.3) is 5.91 Å². The van der Waals surface area contributed by atoms with Crippen molar-refractivity contribution in [3.8, 4) is 11.1 Å². The number of fused-ring (bicyclic) bond motifs is 2. The van der Waals surface area contributed by atoms with E-state index in [2.05, 4.69) is 20.7 Å². The Morgan fingerprint density at radius 3 is 2.73 bits per heavy atom. The molecule has 204 valence electrons. The first-order valence-electron chi connectivity index (χ1n) is 13.3. The third-order valence-electron chi connectivity index (χ3n) is 7.21. The summed E-state index contributed by atoms with van der Waals surface area (Å²) in [4.78, 5) is 30.1. The van der Waals surface area contributed by atoms with Crippen molar-refractivity contribution in [3.05, 3.63) is 83.9 Å². The van der Waals surface area contributed by atoms with Gasteiger partial charge >= 0.3 is 0 Å². The standard InChI is InChI=1S/C30H29FN6O3/c1-18(20-4-3-5-23(31)14-20)32-29(39)25-17-36(12-13-40-2)26-9-8-21(15-24(25)26)22-10-11-37-27(16-22)33-30(35-37)34-28(38)19-6-7-19/h3-5,8-11,14-19H,6-7,12-13H2,1-2H3,(H,32,39)(H,34,35,38)/t18-/m0/s1. The SMILES string of the molecule is COCCn1cc(C(=O)N[C@@H](C)c2cccc(F)c2)c2cc(-c3ccn4nc(NC(=O)C5CC5)nc4c3)ccc21. The van der Waals surface area contributed by atoms with Gasteiger partial charge < -0.3 is 14.6 Å². The third kappa shape index (κ3) is 5.17. The van der Waals surface area contributed by atoms with Gasteiger partial charge in [-0.1, -0.05) is 18.2 Å². The molecule has 1 saturated carbocycles. The fourth-order valence-corrected chi connectivity index (χ4v) is 4.84. The van der Waals surface area contributed by atoms with Crippen LogP contribution in [0.4, 0.5) is 10.3 Å². The lowest BCUT2D eigenvalue weighted by Crippen LogP contribution is -2.26. The van der Waals surface area contributed by atoms with Gasteiger partial charge in [-0.25, -0.2) is 8.91 Å². The highest BCUT2D eigenvalue weighted by atomic mass is 19.1. The zero-order valence-electron chi connectivity index (χ0n) is 22.2. The summed E-state index contributed by atoms with van der Waals surface area (Å²) in [6.45, 7) is 2.91. The normalized spacial score (nSPS) is 14.0. The zero-order chi connectivity index (χ0) is 27.8. The molecular weight excluding hydrogens is 511 g/mol. The van der Waals surface area contributed by atoms with E-state index in [4.69, 9.17) is 4.74 Å². The second-order valence-corrected chi connectivity index (χ2v) is 10.1. The number of pyridine rings is 1. The lowest BCUT2D eigenvalue weighted by Gasteiger charge is -2.14. The second kappa shape index (κ2) is 10.5. The third-order valence-corrected chi connectivity index (χ3v) is 7.21. The first-order valence-corrected chi connectivity index (χ1v) is 13.3. The number of aromatic nitrogens is 4. The van der Waals surface area contributed by atoms with E-state index in [1.807, 2.05) is 48.0 Å². The van der Waals surface area contributed by atoms with Gasteiger partial charge in [0.15, 0.2) is 5.65 Å². The molecule has 0 radical (unpaired) electrons. The van der Waals surface area contributed by atoms with Crippen LogP contribution in [0.3, 0.4) is 0 Å². The average Bonchev–Trinajstić information content (AvgIpc) is 3.63. The topological polar surface area (TPSA) is 103 Å². The van der Waals surface area contributed by atoms with Crippen molar-refractivity contribution in [2.45, 2.75) is 32.4 Å². The molecule has 40 heavy (non-hydrogen) atoms. The Morgan fingerprint density at radius 2 is 1.95 bits per heavy atom. The number of anilines is 1. The number of ether oxygens (including phenoxy) is 1. The van der Waals surface area contributed by atoms with Crippen molar-refractivity contribution in [1.29, 1.82) is 0 Å². The smallest absolute Gasteiger partial charge is 0.253 e. The van der Waals surface area contributed by atoms with Crippen LogP contribution in [0.2, 0.25) is 0 Å². The summed E-state index contributed by atoms with van der Waals surface area (Å²) < 4.78 is 22.7. The Hall–Kier alpha value is -4.57. The van der Waals surface area contributed by atoms with E-state index in [0.717, 1.165) is 34.9 Å². The summed E-state index contributed by atoms with van der Waals surface area (Å²) in [6, 6.07) is 15.6. The molecule has 0 spiro atoms. The molecule has 1 aliphatic rings. The Kier molecular flexibility index (Phi) is 6.77. The van der Waals surface area contributed by atoms with Crippen molar-refractivity contribution in [2.75, 3.05) is 19.0 Å². The van der Waals surface area contributed by atoms with E-state index in [-0.39, 0.29) is 35.5 Å². The summed E-state index contributed by atoms with van der Waals surface area (Å²) in [7, 11) is 1.64. The molecule has 2 amide bonds. The molecule has 1 atom stereocenters. The van der Waals surface area contributed by atoms with Crippen molar-refractivity contribution >= 4 is 34.3 Å². The zero-order valence-corrected chi connectivity index (χ0v) is 22.2. The first-order chi connectivity index (χ1) is 19.4. The minimum atomic E-state index is -0.381. The number of nitrogens with zero attached hydrogens (tertiary/aromatic N) is 4. The molecule has 2 N–H and O–H groups in total. The lowest BCUT2D eigenvalue weighted by molar-refractivity contribution is -0.117. The summed E-state index contributed by atoms with van der Waals surface area (Å²) >= 11 is 0. The quantitative estimate of drug-likeness (QED) is 0.275. The van der Waals surface area contributed by atoms with Gasteiger partial charge in [0.1, 0.15) is 5.82 Å². The van der Waals surface area contributed by atoms with Crippen LogP contribution in [-0.4, -0.2) is 44.7 Å². The number of carbonyl (C=O) groups excluding carboxylic acids is 2. The van der Waals surface area contributed by atoms with Crippen molar-refractivity contribution < 1.29 is 18.7 Å². The average molecular weight is 541 g/mol. The van der Waals surface area contributed by atoms with Gasteiger partial charge in [0, 0.05) is 42.9 Å². The fourth-order valence-electron chi connectivity index (χ4n) is 4.84. The van der Waals surface area contributed by atoms with Crippen LogP contribution >= 0.6 is 0 Å². The molecule has 0 saturated heterocycles. The first kappa shape index (κ1) is 25.7. The van der Waals surface area contributed by atoms with E-state index in [1.54, 1.807) is 30.0 Å². The maximum absolute atomic E-state index is 13.8. The van der Waals surface area contributed by atoms with Crippen molar-refractivity contribution in [1.82, 2.24) is 24.5 Å². The summed E-state index contributed by atoms with van der Waals surface area (Å²) in [6.07, 6.45) is 5.44.